The molecule has 3 N–H and O–H groups in total. The van der Waals surface area contributed by atoms with Crippen LogP contribution >= 0.6 is 0 Å². The molecule has 2 amide bonds. The molecule has 2 rings (SSSR count). The maximum absolute atomic E-state index is 12.7. The summed E-state index contributed by atoms with van der Waals surface area (Å²) in [5.74, 6) is 0. The summed E-state index contributed by atoms with van der Waals surface area (Å²) in [7, 11) is 0. The molecule has 24 heavy (non-hydrogen) atoms. The fourth-order valence-electron chi connectivity index (χ4n) is 2.62. The normalized spacial score (nSPS) is 17.0. The molecule has 7 heteroatoms. The second-order valence-corrected chi connectivity index (χ2v) is 7.01. The van der Waals surface area contributed by atoms with Crippen LogP contribution in [0.3, 0.4) is 0 Å². The van der Waals surface area contributed by atoms with Crippen LogP contribution in [-0.2, 0) is 9.57 Å². The van der Waals surface area contributed by atoms with E-state index in [0.29, 0.717) is 24.5 Å². The van der Waals surface area contributed by atoms with E-state index in [0.717, 1.165) is 19.3 Å². The molecule has 0 spiro atoms. The van der Waals surface area contributed by atoms with E-state index in [1.165, 1.54) is 0 Å². The SMILES string of the molecule is CC(C)(C)OC(=O)[N+]1(C(=O)ONc2ccccc2N)CCCCC1. The molecule has 1 aliphatic rings. The summed E-state index contributed by atoms with van der Waals surface area (Å²) in [4.78, 5) is 30.5. The number of amides is 2. The van der Waals surface area contributed by atoms with Gasteiger partial charge in [-0.3, -0.25) is 4.84 Å². The summed E-state index contributed by atoms with van der Waals surface area (Å²) in [5.41, 5.74) is 8.62. The van der Waals surface area contributed by atoms with E-state index >= 15 is 0 Å². The summed E-state index contributed by atoms with van der Waals surface area (Å²) in [6.07, 6.45) is 1.26. The monoisotopic (exact) mass is 336 g/mol. The fraction of sp³-hybridized carbons (Fsp3) is 0.529. The highest BCUT2D eigenvalue weighted by Gasteiger charge is 2.51. The molecule has 0 unspecified atom stereocenters. The highest BCUT2D eigenvalue weighted by Crippen LogP contribution is 2.26. The molecule has 0 aromatic heterocycles. The molecule has 7 nitrogen and oxygen atoms in total. The third-order valence-corrected chi connectivity index (χ3v) is 3.88. The first-order valence-corrected chi connectivity index (χ1v) is 8.17. The Morgan fingerprint density at radius 1 is 1.08 bits per heavy atom. The van der Waals surface area contributed by atoms with Crippen LogP contribution in [0.1, 0.15) is 40.0 Å². The Bertz CT molecular complexity index is 604. The van der Waals surface area contributed by atoms with E-state index < -0.39 is 22.3 Å². The Labute approximate surface area is 142 Å². The second kappa shape index (κ2) is 7.09. The van der Waals surface area contributed by atoms with Crippen molar-refractivity contribution in [3.63, 3.8) is 0 Å². The van der Waals surface area contributed by atoms with Crippen LogP contribution in [0.15, 0.2) is 24.3 Å². The Balaban J connectivity index is 2.13. The Morgan fingerprint density at radius 2 is 1.71 bits per heavy atom. The van der Waals surface area contributed by atoms with Crippen LogP contribution in [0.2, 0.25) is 0 Å². The van der Waals surface area contributed by atoms with Gasteiger partial charge >= 0.3 is 12.2 Å². The number of anilines is 2. The van der Waals surface area contributed by atoms with E-state index in [4.69, 9.17) is 15.3 Å². The van der Waals surface area contributed by atoms with Crippen molar-refractivity contribution in [1.82, 2.24) is 0 Å². The van der Waals surface area contributed by atoms with Crippen molar-refractivity contribution in [3.05, 3.63) is 24.3 Å². The molecule has 0 saturated carbocycles. The van der Waals surface area contributed by atoms with E-state index in [-0.39, 0.29) is 0 Å². The molecule has 0 bridgehead atoms. The van der Waals surface area contributed by atoms with Crippen molar-refractivity contribution < 1.29 is 23.6 Å². The first-order chi connectivity index (χ1) is 11.2. The van der Waals surface area contributed by atoms with Crippen LogP contribution < -0.4 is 11.2 Å². The lowest BCUT2D eigenvalue weighted by Gasteiger charge is -2.35. The number of rotatable bonds is 2. The summed E-state index contributed by atoms with van der Waals surface area (Å²) < 4.78 is 5.00. The molecule has 0 radical (unpaired) electrons. The number of likely N-dealkylation sites (tertiary alicyclic amines) is 1. The molecule has 1 heterocycles. The fourth-order valence-corrected chi connectivity index (χ4v) is 2.62. The Kier molecular flexibility index (Phi) is 5.33. The number of hydrogen-bond acceptors (Lipinski definition) is 6. The lowest BCUT2D eigenvalue weighted by atomic mass is 10.1. The van der Waals surface area contributed by atoms with Crippen LogP contribution in [-0.4, -0.2) is 35.4 Å². The number of quaternary nitrogens is 1. The van der Waals surface area contributed by atoms with Crippen molar-refractivity contribution in [2.45, 2.75) is 45.6 Å². The van der Waals surface area contributed by atoms with Gasteiger partial charge in [0.25, 0.3) is 0 Å². The van der Waals surface area contributed by atoms with Gasteiger partial charge in [-0.25, -0.2) is 5.48 Å². The predicted octanol–water partition coefficient (Wildman–Crippen LogP) is 3.67. The van der Waals surface area contributed by atoms with Gasteiger partial charge in [-0.15, -0.1) is 4.48 Å². The molecule has 1 aromatic rings. The highest BCUT2D eigenvalue weighted by atomic mass is 16.7. The average Bonchev–Trinajstić information content (AvgIpc) is 2.53. The number of imide groups is 1. The van der Waals surface area contributed by atoms with Crippen molar-refractivity contribution in [1.29, 1.82) is 0 Å². The van der Waals surface area contributed by atoms with Crippen molar-refractivity contribution >= 4 is 23.6 Å². The second-order valence-electron chi connectivity index (χ2n) is 7.01. The lowest BCUT2D eigenvalue weighted by Crippen LogP contribution is -2.61. The minimum Gasteiger partial charge on any atom is -0.414 e. The molecule has 0 atom stereocenters. The van der Waals surface area contributed by atoms with Gasteiger partial charge in [-0.2, -0.15) is 9.59 Å². The van der Waals surface area contributed by atoms with Gasteiger partial charge in [0.15, 0.2) is 0 Å². The first kappa shape index (κ1) is 18.1. The molecule has 1 saturated heterocycles. The Morgan fingerprint density at radius 3 is 2.29 bits per heavy atom. The standard InChI is InChI=1S/C17H26N3O4/c1-17(2,3)23-15(21)20(11-7-4-8-12-20)16(22)24-19-14-10-6-5-9-13(14)18/h5-6,9-10,19H,4,7-8,11-12,18H2,1-3H3/q+1. The number of piperidine rings is 1. The number of hydrogen-bond donors (Lipinski definition) is 2. The van der Waals surface area contributed by atoms with Crippen molar-refractivity contribution in [2.75, 3.05) is 24.3 Å². The number of benzene rings is 1. The van der Waals surface area contributed by atoms with Gasteiger partial charge in [0.2, 0.25) is 0 Å². The topological polar surface area (TPSA) is 90.7 Å². The summed E-state index contributed by atoms with van der Waals surface area (Å²) in [6, 6.07) is 6.93. The number of nitrogens with zero attached hydrogens (tertiary/aromatic N) is 1. The van der Waals surface area contributed by atoms with Gasteiger partial charge in [0.1, 0.15) is 5.60 Å². The summed E-state index contributed by atoms with van der Waals surface area (Å²) in [6.45, 7) is 6.08. The van der Waals surface area contributed by atoms with E-state index in [9.17, 15) is 9.59 Å². The zero-order valence-electron chi connectivity index (χ0n) is 14.5. The van der Waals surface area contributed by atoms with Crippen molar-refractivity contribution in [3.8, 4) is 0 Å². The molecule has 1 fully saturated rings. The number of ether oxygens (including phenoxy) is 1. The van der Waals surface area contributed by atoms with Crippen LogP contribution in [0.5, 0.6) is 0 Å². The van der Waals surface area contributed by atoms with E-state index in [1.807, 2.05) is 0 Å². The quantitative estimate of drug-likeness (QED) is 0.486. The number of nitrogen functional groups attached to an aromatic ring is 1. The number of para-hydroxylation sites is 2. The maximum Gasteiger partial charge on any atom is 0.551 e. The molecule has 132 valence electrons. The average molecular weight is 336 g/mol. The highest BCUT2D eigenvalue weighted by molar-refractivity contribution is 5.77. The zero-order valence-corrected chi connectivity index (χ0v) is 14.5. The minimum atomic E-state index is -0.674. The van der Waals surface area contributed by atoms with Gasteiger partial charge in [-0.1, -0.05) is 12.1 Å². The van der Waals surface area contributed by atoms with Crippen LogP contribution in [0, 0.1) is 0 Å². The van der Waals surface area contributed by atoms with Gasteiger partial charge in [-0.05, 0) is 52.2 Å². The molecular weight excluding hydrogens is 310 g/mol. The largest absolute Gasteiger partial charge is 0.551 e. The van der Waals surface area contributed by atoms with E-state index in [2.05, 4.69) is 5.48 Å². The molecule has 0 aliphatic carbocycles. The molecular formula is C17H26N3O4+. The first-order valence-electron chi connectivity index (χ1n) is 8.17. The van der Waals surface area contributed by atoms with Gasteiger partial charge in [0.05, 0.1) is 24.5 Å². The van der Waals surface area contributed by atoms with Crippen LogP contribution in [0.4, 0.5) is 21.0 Å². The van der Waals surface area contributed by atoms with Crippen molar-refractivity contribution in [2.24, 2.45) is 0 Å². The number of nitrogens with one attached hydrogen (secondary N) is 1. The van der Waals surface area contributed by atoms with Crippen LogP contribution in [0.25, 0.3) is 0 Å². The Hall–Kier alpha value is -2.28. The number of carbonyl (C=O) groups excluding carboxylic acids is 2. The summed E-state index contributed by atoms with van der Waals surface area (Å²) in [5, 5.41) is 0. The summed E-state index contributed by atoms with van der Waals surface area (Å²) >= 11 is 0. The third kappa shape index (κ3) is 4.17. The molecule has 1 aliphatic heterocycles. The number of carbonyl (C=O) groups is 2. The number of nitrogens with two attached hydrogens (primary N) is 1. The van der Waals surface area contributed by atoms with Gasteiger partial charge < -0.3 is 10.5 Å². The lowest BCUT2D eigenvalue weighted by molar-refractivity contribution is -0.792. The third-order valence-electron chi connectivity index (χ3n) is 3.88. The smallest absolute Gasteiger partial charge is 0.414 e. The maximum atomic E-state index is 12.7. The minimum absolute atomic E-state index is 0.375. The molecule has 1 aromatic carbocycles. The van der Waals surface area contributed by atoms with Gasteiger partial charge in [0, 0.05) is 0 Å². The van der Waals surface area contributed by atoms with E-state index in [1.54, 1.807) is 45.0 Å². The predicted molar refractivity (Wildman–Crippen MR) is 91.0 cm³/mol. The zero-order chi connectivity index (χ0) is 17.8.